The van der Waals surface area contributed by atoms with Gasteiger partial charge in [0.15, 0.2) is 0 Å². The Morgan fingerprint density at radius 1 is 1.00 bits per heavy atom. The molecule has 0 fully saturated rings. The van der Waals surface area contributed by atoms with Crippen LogP contribution in [0.25, 0.3) is 11.4 Å². The Morgan fingerprint density at radius 3 is 2.55 bits per heavy atom. The predicted octanol–water partition coefficient (Wildman–Crippen LogP) is 3.82. The molecule has 4 aromatic rings. The maximum absolute atomic E-state index is 13.4. The van der Waals surface area contributed by atoms with Gasteiger partial charge in [-0.1, -0.05) is 72.3 Å². The quantitative estimate of drug-likeness (QED) is 0.511. The van der Waals surface area contributed by atoms with Gasteiger partial charge in [0.2, 0.25) is 5.82 Å². The number of fused-ring (bicyclic) bond motifs is 1. The van der Waals surface area contributed by atoms with Crippen molar-refractivity contribution in [1.82, 2.24) is 20.2 Å². The van der Waals surface area contributed by atoms with Crippen LogP contribution in [0, 0.1) is 6.92 Å². The zero-order chi connectivity index (χ0) is 21.2. The number of anilines is 1. The van der Waals surface area contributed by atoms with Crippen LogP contribution in [0.4, 0.5) is 5.69 Å². The van der Waals surface area contributed by atoms with Crippen LogP contribution in [0.3, 0.4) is 0 Å². The molecule has 31 heavy (non-hydrogen) atoms. The van der Waals surface area contributed by atoms with Gasteiger partial charge < -0.3 is 4.74 Å². The number of amides is 1. The molecule has 0 N–H and O–H groups in total. The van der Waals surface area contributed by atoms with E-state index >= 15 is 0 Å². The maximum Gasteiger partial charge on any atom is 0.251 e. The number of hydrogen-bond donors (Lipinski definition) is 0. The fourth-order valence-corrected chi connectivity index (χ4v) is 3.74. The van der Waals surface area contributed by atoms with Crippen LogP contribution in [0.15, 0.2) is 78.9 Å². The number of hydrogen-bond acceptors (Lipinski definition) is 5. The molecule has 0 spiro atoms. The van der Waals surface area contributed by atoms with Crippen LogP contribution in [0.5, 0.6) is 5.75 Å². The number of para-hydroxylation sites is 2. The average molecular weight is 411 g/mol. The van der Waals surface area contributed by atoms with E-state index in [1.165, 1.54) is 4.80 Å². The van der Waals surface area contributed by atoms with Gasteiger partial charge in [-0.05, 0) is 29.8 Å². The summed E-state index contributed by atoms with van der Waals surface area (Å²) in [5.41, 5.74) is 3.77. The van der Waals surface area contributed by atoms with E-state index in [0.717, 1.165) is 22.4 Å². The number of tetrazole rings is 1. The normalized spacial score (nSPS) is 15.3. The van der Waals surface area contributed by atoms with Crippen molar-refractivity contribution in [2.75, 3.05) is 11.5 Å². The highest BCUT2D eigenvalue weighted by molar-refractivity contribution is 5.96. The topological polar surface area (TPSA) is 73.1 Å². The molecule has 7 nitrogen and oxygen atoms in total. The van der Waals surface area contributed by atoms with Crippen molar-refractivity contribution >= 4 is 11.6 Å². The van der Waals surface area contributed by atoms with E-state index in [2.05, 4.69) is 15.4 Å². The SMILES string of the molecule is Cc1ccc(-c2nnn(CC(=O)N3c4ccccc4OC[C@H]3c3ccccc3)n2)cc1. The van der Waals surface area contributed by atoms with Gasteiger partial charge in [-0.25, -0.2) is 0 Å². The minimum Gasteiger partial charge on any atom is -0.489 e. The molecular weight excluding hydrogens is 390 g/mol. The summed E-state index contributed by atoms with van der Waals surface area (Å²) in [5, 5.41) is 12.6. The summed E-state index contributed by atoms with van der Waals surface area (Å²) in [4.78, 5) is 16.6. The summed E-state index contributed by atoms with van der Waals surface area (Å²) < 4.78 is 5.95. The number of ether oxygens (including phenoxy) is 1. The van der Waals surface area contributed by atoms with Crippen molar-refractivity contribution < 1.29 is 9.53 Å². The molecule has 1 aromatic heterocycles. The minimum atomic E-state index is -0.233. The van der Waals surface area contributed by atoms with Crippen molar-refractivity contribution in [2.45, 2.75) is 19.5 Å². The second kappa shape index (κ2) is 8.02. The summed E-state index contributed by atoms with van der Waals surface area (Å²) in [5.74, 6) is 1.06. The molecule has 1 aliphatic rings. The lowest BCUT2D eigenvalue weighted by atomic mass is 10.0. The van der Waals surface area contributed by atoms with Gasteiger partial charge in [-0.15, -0.1) is 10.2 Å². The molecule has 0 unspecified atom stereocenters. The molecule has 154 valence electrons. The highest BCUT2D eigenvalue weighted by Crippen LogP contribution is 2.39. The van der Waals surface area contributed by atoms with Crippen molar-refractivity contribution in [1.29, 1.82) is 0 Å². The summed E-state index contributed by atoms with van der Waals surface area (Å²) >= 11 is 0. The number of nitrogens with zero attached hydrogens (tertiary/aromatic N) is 5. The van der Waals surface area contributed by atoms with Crippen LogP contribution in [-0.4, -0.2) is 32.7 Å². The third-order valence-corrected chi connectivity index (χ3v) is 5.33. The standard InChI is InChI=1S/C24H21N5O2/c1-17-11-13-19(14-12-17)24-25-27-28(26-24)15-23(30)29-20-9-5-6-10-22(20)31-16-21(29)18-7-3-2-4-8-18/h2-14,21H,15-16H2,1H3/t21-/m0/s1. The van der Waals surface area contributed by atoms with E-state index in [9.17, 15) is 4.79 Å². The first-order valence-corrected chi connectivity index (χ1v) is 10.1. The Balaban J connectivity index is 1.44. The maximum atomic E-state index is 13.4. The Kier molecular flexibility index (Phi) is 4.92. The Labute approximate surface area is 179 Å². The van der Waals surface area contributed by atoms with E-state index < -0.39 is 0 Å². The van der Waals surface area contributed by atoms with Crippen LogP contribution < -0.4 is 9.64 Å². The third-order valence-electron chi connectivity index (χ3n) is 5.33. The number of aromatic nitrogens is 4. The lowest BCUT2D eigenvalue weighted by molar-refractivity contribution is -0.120. The Bertz CT molecular complexity index is 1200. The van der Waals surface area contributed by atoms with E-state index in [-0.39, 0.29) is 18.5 Å². The number of benzene rings is 3. The number of rotatable bonds is 4. The third kappa shape index (κ3) is 3.77. The molecule has 2 heterocycles. The predicted molar refractivity (Wildman–Crippen MR) is 117 cm³/mol. The van der Waals surface area contributed by atoms with Crippen LogP contribution in [0.1, 0.15) is 17.2 Å². The fraction of sp³-hybridized carbons (Fsp3) is 0.167. The van der Waals surface area contributed by atoms with E-state index in [4.69, 9.17) is 4.74 Å². The Hall–Kier alpha value is -4.00. The fourth-order valence-electron chi connectivity index (χ4n) is 3.74. The molecule has 1 aliphatic heterocycles. The van der Waals surface area contributed by atoms with Gasteiger partial charge in [-0.2, -0.15) is 4.80 Å². The largest absolute Gasteiger partial charge is 0.489 e. The van der Waals surface area contributed by atoms with Gasteiger partial charge in [0.25, 0.3) is 5.91 Å². The number of carbonyl (C=O) groups is 1. The summed E-state index contributed by atoms with van der Waals surface area (Å²) in [7, 11) is 0. The molecule has 7 heteroatoms. The highest BCUT2D eigenvalue weighted by Gasteiger charge is 2.33. The smallest absolute Gasteiger partial charge is 0.251 e. The van der Waals surface area contributed by atoms with E-state index in [1.54, 1.807) is 4.90 Å². The first-order chi connectivity index (χ1) is 15.2. The molecule has 0 aliphatic carbocycles. The van der Waals surface area contributed by atoms with Crippen molar-refractivity contribution in [3.63, 3.8) is 0 Å². The van der Waals surface area contributed by atoms with Gasteiger partial charge in [0.05, 0.1) is 11.7 Å². The van der Waals surface area contributed by atoms with E-state index in [0.29, 0.717) is 18.2 Å². The molecule has 1 atom stereocenters. The van der Waals surface area contributed by atoms with Crippen molar-refractivity contribution in [2.24, 2.45) is 0 Å². The van der Waals surface area contributed by atoms with Gasteiger partial charge in [-0.3, -0.25) is 9.69 Å². The second-order valence-corrected chi connectivity index (χ2v) is 7.48. The zero-order valence-corrected chi connectivity index (χ0v) is 17.0. The molecule has 0 bridgehead atoms. The van der Waals surface area contributed by atoms with Crippen LogP contribution >= 0.6 is 0 Å². The first kappa shape index (κ1) is 19.0. The molecule has 0 radical (unpaired) electrons. The molecule has 0 saturated carbocycles. The van der Waals surface area contributed by atoms with Crippen LogP contribution in [0.2, 0.25) is 0 Å². The lowest BCUT2D eigenvalue weighted by Gasteiger charge is -2.37. The number of aryl methyl sites for hydroxylation is 1. The lowest BCUT2D eigenvalue weighted by Crippen LogP contribution is -2.43. The highest BCUT2D eigenvalue weighted by atomic mass is 16.5. The first-order valence-electron chi connectivity index (χ1n) is 10.1. The Morgan fingerprint density at radius 2 is 1.74 bits per heavy atom. The van der Waals surface area contributed by atoms with Gasteiger partial charge >= 0.3 is 0 Å². The zero-order valence-electron chi connectivity index (χ0n) is 17.0. The van der Waals surface area contributed by atoms with Crippen molar-refractivity contribution in [3.05, 3.63) is 90.0 Å². The average Bonchev–Trinajstić information content (AvgIpc) is 3.27. The summed E-state index contributed by atoms with van der Waals surface area (Å²) in [6.45, 7) is 2.39. The van der Waals surface area contributed by atoms with Gasteiger partial charge in [0, 0.05) is 5.56 Å². The molecule has 0 saturated heterocycles. The monoisotopic (exact) mass is 411 g/mol. The second-order valence-electron chi connectivity index (χ2n) is 7.48. The van der Waals surface area contributed by atoms with E-state index in [1.807, 2.05) is 85.8 Å². The minimum absolute atomic E-state index is 0.0173. The summed E-state index contributed by atoms with van der Waals surface area (Å²) in [6.07, 6.45) is 0. The van der Waals surface area contributed by atoms with Crippen molar-refractivity contribution in [3.8, 4) is 17.1 Å². The molecular formula is C24H21N5O2. The van der Waals surface area contributed by atoms with Gasteiger partial charge in [0.1, 0.15) is 18.9 Å². The molecule has 1 amide bonds. The molecule has 5 rings (SSSR count). The molecule has 3 aromatic carbocycles. The summed E-state index contributed by atoms with van der Waals surface area (Å²) in [6, 6.07) is 25.1. The van der Waals surface area contributed by atoms with Crippen LogP contribution in [-0.2, 0) is 11.3 Å². The number of carbonyl (C=O) groups excluding carboxylic acids is 1.